The Kier molecular flexibility index (Phi) is 7.15. The molecule has 2 aliphatic carbocycles. The molecule has 0 aliphatic heterocycles. The van der Waals surface area contributed by atoms with E-state index in [0.29, 0.717) is 12.8 Å². The summed E-state index contributed by atoms with van der Waals surface area (Å²) in [4.78, 5) is 37.7. The molecule has 186 valence electrons. The zero-order valence-corrected chi connectivity index (χ0v) is 20.4. The Morgan fingerprint density at radius 2 is 1.57 bits per heavy atom. The molecule has 0 radical (unpaired) electrons. The lowest BCUT2D eigenvalue weighted by molar-refractivity contribution is -0.149. The molecule has 2 aromatic carbocycles. The van der Waals surface area contributed by atoms with E-state index < -0.39 is 23.0 Å². The van der Waals surface area contributed by atoms with E-state index >= 15 is 0 Å². The fourth-order valence-corrected chi connectivity index (χ4v) is 5.28. The van der Waals surface area contributed by atoms with Crippen LogP contribution in [0.3, 0.4) is 0 Å². The molecule has 1 saturated carbocycles. The van der Waals surface area contributed by atoms with Crippen LogP contribution in [-0.2, 0) is 14.3 Å². The van der Waals surface area contributed by atoms with Crippen LogP contribution in [0, 0.1) is 5.41 Å². The second kappa shape index (κ2) is 10.1. The number of carbonyl (C=O) groups excluding carboxylic acids is 2. The Morgan fingerprint density at radius 3 is 2.11 bits per heavy atom. The zero-order valence-electron chi connectivity index (χ0n) is 20.4. The van der Waals surface area contributed by atoms with E-state index in [9.17, 15) is 19.5 Å². The number of amides is 2. The van der Waals surface area contributed by atoms with Gasteiger partial charge in [0.2, 0.25) is 5.91 Å². The second-order valence-corrected chi connectivity index (χ2v) is 9.97. The lowest BCUT2D eigenvalue weighted by atomic mass is 9.72. The topological polar surface area (TPSA) is 105 Å². The number of rotatable bonds is 8. The zero-order chi connectivity index (χ0) is 25.1. The summed E-state index contributed by atoms with van der Waals surface area (Å²) in [5.41, 5.74) is 2.41. The molecule has 4 rings (SSSR count). The van der Waals surface area contributed by atoms with Crippen molar-refractivity contribution in [2.75, 3.05) is 13.2 Å². The molecule has 0 heterocycles. The van der Waals surface area contributed by atoms with Crippen molar-refractivity contribution >= 4 is 18.0 Å². The molecule has 2 aliphatic rings. The first-order valence-electron chi connectivity index (χ1n) is 12.4. The van der Waals surface area contributed by atoms with Gasteiger partial charge in [-0.15, -0.1) is 0 Å². The predicted octanol–water partition coefficient (Wildman–Crippen LogP) is 4.85. The number of carboxylic acids is 1. The highest BCUT2D eigenvalue weighted by molar-refractivity contribution is 5.90. The third-order valence-corrected chi connectivity index (χ3v) is 7.78. The number of fused-ring (bicyclic) bond motifs is 3. The normalized spacial score (nSPS) is 18.0. The van der Waals surface area contributed by atoms with Gasteiger partial charge < -0.3 is 20.5 Å². The Labute approximate surface area is 206 Å². The third-order valence-electron chi connectivity index (χ3n) is 7.78. The predicted molar refractivity (Wildman–Crippen MR) is 133 cm³/mol. The van der Waals surface area contributed by atoms with Gasteiger partial charge in [-0.2, -0.15) is 0 Å². The van der Waals surface area contributed by atoms with Crippen LogP contribution in [0.5, 0.6) is 0 Å². The molecule has 0 bridgehead atoms. The van der Waals surface area contributed by atoms with E-state index in [1.807, 2.05) is 24.3 Å². The van der Waals surface area contributed by atoms with Crippen LogP contribution >= 0.6 is 0 Å². The summed E-state index contributed by atoms with van der Waals surface area (Å²) in [5.74, 6) is -1.42. The van der Waals surface area contributed by atoms with Crippen molar-refractivity contribution in [2.24, 2.45) is 5.41 Å². The first kappa shape index (κ1) is 24.8. The lowest BCUT2D eigenvalue weighted by Crippen LogP contribution is -2.58. The van der Waals surface area contributed by atoms with E-state index in [4.69, 9.17) is 4.74 Å². The van der Waals surface area contributed by atoms with Crippen LogP contribution in [0.25, 0.3) is 11.1 Å². The average Bonchev–Trinajstić information content (AvgIpc) is 3.20. The summed E-state index contributed by atoms with van der Waals surface area (Å²) in [6, 6.07) is 16.3. The Balaban J connectivity index is 1.41. The summed E-state index contributed by atoms with van der Waals surface area (Å²) >= 11 is 0. The monoisotopic (exact) mass is 478 g/mol. The summed E-state index contributed by atoms with van der Waals surface area (Å²) in [5, 5.41) is 15.1. The highest BCUT2D eigenvalue weighted by atomic mass is 16.5. The molecular weight excluding hydrogens is 444 g/mol. The van der Waals surface area contributed by atoms with Gasteiger partial charge >= 0.3 is 12.1 Å². The molecular formula is C28H34N2O5. The number of ether oxygens (including phenoxy) is 1. The summed E-state index contributed by atoms with van der Waals surface area (Å²) in [7, 11) is 0. The largest absolute Gasteiger partial charge is 0.480 e. The molecule has 0 spiro atoms. The molecule has 1 unspecified atom stereocenters. The minimum Gasteiger partial charge on any atom is -0.480 e. The Morgan fingerprint density at radius 1 is 1.00 bits per heavy atom. The maximum Gasteiger partial charge on any atom is 0.407 e. The molecule has 0 saturated heterocycles. The number of nitrogens with one attached hydrogen (secondary N) is 2. The second-order valence-electron chi connectivity index (χ2n) is 9.97. The van der Waals surface area contributed by atoms with Crippen LogP contribution in [0.15, 0.2) is 48.5 Å². The quantitative estimate of drug-likeness (QED) is 0.503. The number of hydrogen-bond acceptors (Lipinski definition) is 4. The van der Waals surface area contributed by atoms with Gasteiger partial charge in [-0.3, -0.25) is 4.79 Å². The number of carboxylic acid groups (broad SMARTS) is 1. The average molecular weight is 479 g/mol. The van der Waals surface area contributed by atoms with Crippen molar-refractivity contribution < 1.29 is 24.2 Å². The number of carbonyl (C=O) groups is 3. The Bertz CT molecular complexity index is 1060. The minimum atomic E-state index is -1.34. The molecule has 35 heavy (non-hydrogen) atoms. The fourth-order valence-electron chi connectivity index (χ4n) is 5.28. The molecule has 2 amide bonds. The first-order valence-corrected chi connectivity index (χ1v) is 12.4. The summed E-state index contributed by atoms with van der Waals surface area (Å²) in [6.45, 7) is 3.57. The van der Waals surface area contributed by atoms with E-state index in [-0.39, 0.29) is 31.4 Å². The van der Waals surface area contributed by atoms with Crippen molar-refractivity contribution in [3.05, 3.63) is 59.7 Å². The van der Waals surface area contributed by atoms with Crippen LogP contribution in [-0.4, -0.2) is 41.8 Å². The van der Waals surface area contributed by atoms with Gasteiger partial charge in [0.05, 0.1) is 5.41 Å². The van der Waals surface area contributed by atoms with Gasteiger partial charge in [0.25, 0.3) is 0 Å². The van der Waals surface area contributed by atoms with Crippen molar-refractivity contribution in [3.8, 4) is 11.1 Å². The number of alkyl carbamates (subject to hydrolysis) is 1. The van der Waals surface area contributed by atoms with E-state index in [2.05, 4.69) is 34.9 Å². The molecule has 7 heteroatoms. The van der Waals surface area contributed by atoms with Crippen molar-refractivity contribution in [2.45, 2.75) is 63.8 Å². The maximum atomic E-state index is 13.3. The summed E-state index contributed by atoms with van der Waals surface area (Å²) < 4.78 is 5.64. The lowest BCUT2D eigenvalue weighted by Gasteiger charge is -2.38. The molecule has 1 atom stereocenters. The van der Waals surface area contributed by atoms with Crippen molar-refractivity contribution in [1.29, 1.82) is 0 Å². The third kappa shape index (κ3) is 4.90. The summed E-state index contributed by atoms with van der Waals surface area (Å²) in [6.07, 6.45) is 3.63. The van der Waals surface area contributed by atoms with E-state index in [1.165, 1.54) is 6.92 Å². The molecule has 2 aromatic rings. The Hall–Kier alpha value is -3.35. The van der Waals surface area contributed by atoms with Crippen molar-refractivity contribution in [1.82, 2.24) is 10.6 Å². The smallest absolute Gasteiger partial charge is 0.407 e. The van der Waals surface area contributed by atoms with Gasteiger partial charge in [-0.1, -0.05) is 74.7 Å². The number of aliphatic carboxylic acids is 1. The van der Waals surface area contributed by atoms with E-state index in [1.54, 1.807) is 6.92 Å². The van der Waals surface area contributed by atoms with Gasteiger partial charge in [0.15, 0.2) is 0 Å². The van der Waals surface area contributed by atoms with Gasteiger partial charge in [0, 0.05) is 12.5 Å². The van der Waals surface area contributed by atoms with Gasteiger partial charge in [-0.05, 0) is 48.4 Å². The highest BCUT2D eigenvalue weighted by Gasteiger charge is 2.44. The minimum absolute atomic E-state index is 0.0408. The highest BCUT2D eigenvalue weighted by Crippen LogP contribution is 2.44. The number of hydrogen-bond donors (Lipinski definition) is 3. The first-order chi connectivity index (χ1) is 16.8. The molecule has 7 nitrogen and oxygen atoms in total. The van der Waals surface area contributed by atoms with Crippen LogP contribution in [0.1, 0.15) is 69.4 Å². The van der Waals surface area contributed by atoms with Crippen LogP contribution in [0.4, 0.5) is 4.79 Å². The SMILES string of the molecule is CCC(C)(NC(=O)C1(CNC(=O)OCC2c3ccccc3-c3ccccc32)CCCCC1)C(=O)O. The number of benzene rings is 2. The fraction of sp³-hybridized carbons (Fsp3) is 0.464. The molecule has 1 fully saturated rings. The van der Waals surface area contributed by atoms with Crippen molar-refractivity contribution in [3.63, 3.8) is 0 Å². The van der Waals surface area contributed by atoms with Gasteiger partial charge in [0.1, 0.15) is 12.1 Å². The maximum absolute atomic E-state index is 13.3. The van der Waals surface area contributed by atoms with Crippen LogP contribution in [0.2, 0.25) is 0 Å². The van der Waals surface area contributed by atoms with E-state index in [0.717, 1.165) is 41.5 Å². The standard InChI is InChI=1S/C28H34N2O5/c1-3-27(2,25(32)33)30-24(31)28(15-9-4-10-16-28)18-29-26(34)35-17-23-21-13-7-5-11-19(21)20-12-6-8-14-22(20)23/h5-8,11-14,23H,3-4,9-10,15-18H2,1-2H3,(H,29,34)(H,30,31)(H,32,33). The molecule has 0 aromatic heterocycles. The molecule has 3 N–H and O–H groups in total. The van der Waals surface area contributed by atoms with Crippen LogP contribution < -0.4 is 10.6 Å². The van der Waals surface area contributed by atoms with Gasteiger partial charge in [-0.25, -0.2) is 9.59 Å².